The average molecular weight is 373 g/mol. The van der Waals surface area contributed by atoms with Gasteiger partial charge in [-0.1, -0.05) is 23.2 Å². The van der Waals surface area contributed by atoms with Gasteiger partial charge in [-0.3, -0.25) is 9.78 Å². The van der Waals surface area contributed by atoms with Crippen LogP contribution >= 0.6 is 23.2 Å². The number of hydrogen-bond donors (Lipinski definition) is 2. The van der Waals surface area contributed by atoms with E-state index in [1.54, 1.807) is 18.2 Å². The summed E-state index contributed by atoms with van der Waals surface area (Å²) in [6.07, 6.45) is 2.63. The van der Waals surface area contributed by atoms with E-state index in [0.717, 1.165) is 36.0 Å². The number of hydrogen-bond acceptors (Lipinski definition) is 3. The van der Waals surface area contributed by atoms with Crippen LogP contribution in [0.15, 0.2) is 36.4 Å². The first-order valence-corrected chi connectivity index (χ1v) is 8.69. The van der Waals surface area contributed by atoms with Crippen molar-refractivity contribution in [1.82, 2.24) is 4.98 Å². The number of nitrogens with one attached hydrogen (secondary N) is 1. The van der Waals surface area contributed by atoms with E-state index in [0.29, 0.717) is 21.0 Å². The smallest absolute Gasteiger partial charge is 0.256 e. The number of carbonyl (C=O) groups excluding carboxylic acids is 1. The van der Waals surface area contributed by atoms with Crippen LogP contribution in [0.3, 0.4) is 0 Å². The molecule has 4 nitrogen and oxygen atoms in total. The van der Waals surface area contributed by atoms with Crippen molar-refractivity contribution in [2.24, 2.45) is 0 Å². The number of nitrogens with zero attached hydrogens (tertiary/aromatic N) is 1. The van der Waals surface area contributed by atoms with Crippen LogP contribution in [0.5, 0.6) is 5.75 Å². The maximum Gasteiger partial charge on any atom is 0.256 e. The van der Waals surface area contributed by atoms with Gasteiger partial charge in [0.1, 0.15) is 5.75 Å². The molecule has 0 saturated heterocycles. The predicted octanol–water partition coefficient (Wildman–Crippen LogP) is 4.99. The number of halogens is 2. The van der Waals surface area contributed by atoms with Crippen molar-refractivity contribution in [3.8, 4) is 5.75 Å². The Hall–Kier alpha value is -2.30. The lowest BCUT2D eigenvalue weighted by molar-refractivity contribution is 0.102. The van der Waals surface area contributed by atoms with Crippen LogP contribution in [-0.2, 0) is 12.8 Å². The van der Waals surface area contributed by atoms with Crippen LogP contribution in [0.25, 0.3) is 10.9 Å². The number of fused-ring (bicyclic) bond motifs is 2. The van der Waals surface area contributed by atoms with E-state index in [1.807, 2.05) is 6.07 Å². The molecule has 3 aromatic rings. The second-order valence-corrected chi connectivity index (χ2v) is 6.92. The van der Waals surface area contributed by atoms with Gasteiger partial charge in [-0.25, -0.2) is 0 Å². The molecule has 126 valence electrons. The summed E-state index contributed by atoms with van der Waals surface area (Å²) < 4.78 is 0. The van der Waals surface area contributed by atoms with E-state index >= 15 is 0 Å². The average Bonchev–Trinajstić information content (AvgIpc) is 3.03. The molecule has 1 aromatic heterocycles. The highest BCUT2D eigenvalue weighted by atomic mass is 35.5. The van der Waals surface area contributed by atoms with E-state index in [9.17, 15) is 9.90 Å². The molecule has 0 aliphatic heterocycles. The predicted molar refractivity (Wildman–Crippen MR) is 99.8 cm³/mol. The van der Waals surface area contributed by atoms with E-state index in [1.165, 1.54) is 12.1 Å². The van der Waals surface area contributed by atoms with Crippen molar-refractivity contribution in [1.29, 1.82) is 0 Å². The van der Waals surface area contributed by atoms with Gasteiger partial charge in [0.2, 0.25) is 0 Å². The molecule has 1 aliphatic rings. The number of aromatic nitrogens is 1. The summed E-state index contributed by atoms with van der Waals surface area (Å²) in [4.78, 5) is 17.7. The van der Waals surface area contributed by atoms with Gasteiger partial charge in [0.15, 0.2) is 0 Å². The van der Waals surface area contributed by atoms with Crippen LogP contribution in [-0.4, -0.2) is 16.0 Å². The number of pyridine rings is 1. The summed E-state index contributed by atoms with van der Waals surface area (Å²) >= 11 is 12.1. The van der Waals surface area contributed by atoms with Gasteiger partial charge in [-0.05, 0) is 61.2 Å². The van der Waals surface area contributed by atoms with E-state index in [4.69, 9.17) is 23.2 Å². The third kappa shape index (κ3) is 2.92. The molecule has 1 amide bonds. The molecule has 2 aromatic carbocycles. The normalized spacial score (nSPS) is 13.0. The SMILES string of the molecule is O=C(Nc1cc(Cl)ccc1O)c1c2c(nc3ccc(Cl)cc13)CCC2. The van der Waals surface area contributed by atoms with Crippen molar-refractivity contribution in [2.75, 3.05) is 5.32 Å². The maximum atomic E-state index is 13.0. The van der Waals surface area contributed by atoms with Crippen molar-refractivity contribution >= 4 is 45.7 Å². The van der Waals surface area contributed by atoms with Crippen molar-refractivity contribution < 1.29 is 9.90 Å². The molecule has 1 heterocycles. The van der Waals surface area contributed by atoms with E-state index in [-0.39, 0.29) is 17.3 Å². The standard InChI is InChI=1S/C19H14Cl2N2O2/c20-10-4-6-15-13(8-10)18(12-2-1-3-14(12)22-15)19(25)23-16-9-11(21)5-7-17(16)24/h4-9,24H,1-3H2,(H,23,25). The molecule has 4 rings (SSSR count). The minimum Gasteiger partial charge on any atom is -0.506 e. The maximum absolute atomic E-state index is 13.0. The third-order valence-electron chi connectivity index (χ3n) is 4.41. The largest absolute Gasteiger partial charge is 0.506 e. The van der Waals surface area contributed by atoms with E-state index < -0.39 is 0 Å². The summed E-state index contributed by atoms with van der Waals surface area (Å²) in [6.45, 7) is 0. The van der Waals surface area contributed by atoms with Gasteiger partial charge in [-0.2, -0.15) is 0 Å². The van der Waals surface area contributed by atoms with Crippen LogP contribution in [0.1, 0.15) is 28.0 Å². The molecule has 6 heteroatoms. The number of aromatic hydroxyl groups is 1. The van der Waals surface area contributed by atoms with Crippen LogP contribution < -0.4 is 5.32 Å². The van der Waals surface area contributed by atoms with Crippen molar-refractivity contribution in [3.05, 3.63) is 63.3 Å². The molecule has 0 unspecified atom stereocenters. The molecule has 0 atom stereocenters. The quantitative estimate of drug-likeness (QED) is 0.623. The lowest BCUT2D eigenvalue weighted by Gasteiger charge is -2.14. The first-order valence-electron chi connectivity index (χ1n) is 7.94. The molecule has 0 spiro atoms. The minimum absolute atomic E-state index is 0.0363. The van der Waals surface area contributed by atoms with E-state index in [2.05, 4.69) is 10.3 Å². The highest BCUT2D eigenvalue weighted by molar-refractivity contribution is 6.32. The Morgan fingerprint density at radius 2 is 1.84 bits per heavy atom. The summed E-state index contributed by atoms with van der Waals surface area (Å²) in [5, 5.41) is 14.4. The zero-order chi connectivity index (χ0) is 17.6. The Kier molecular flexibility index (Phi) is 4.02. The highest BCUT2D eigenvalue weighted by Crippen LogP contribution is 2.33. The molecule has 0 bridgehead atoms. The minimum atomic E-state index is -0.301. The molecule has 2 N–H and O–H groups in total. The lowest BCUT2D eigenvalue weighted by Crippen LogP contribution is -2.16. The second-order valence-electron chi connectivity index (χ2n) is 6.04. The summed E-state index contributed by atoms with van der Waals surface area (Å²) in [7, 11) is 0. The van der Waals surface area contributed by atoms with Crippen LogP contribution in [0.4, 0.5) is 5.69 Å². The number of phenolic OH excluding ortho intramolecular Hbond substituents is 1. The van der Waals surface area contributed by atoms with Gasteiger partial charge < -0.3 is 10.4 Å². The fraction of sp³-hybridized carbons (Fsp3) is 0.158. The number of rotatable bonds is 2. The zero-order valence-electron chi connectivity index (χ0n) is 13.1. The Morgan fingerprint density at radius 1 is 1.08 bits per heavy atom. The Labute approximate surface area is 154 Å². The molecular formula is C19H14Cl2N2O2. The number of amides is 1. The molecular weight excluding hydrogens is 359 g/mol. The highest BCUT2D eigenvalue weighted by Gasteiger charge is 2.24. The number of benzene rings is 2. The lowest BCUT2D eigenvalue weighted by atomic mass is 10.0. The van der Waals surface area contributed by atoms with Gasteiger partial charge in [0, 0.05) is 21.1 Å². The molecule has 0 fully saturated rings. The van der Waals surface area contributed by atoms with Crippen LogP contribution in [0.2, 0.25) is 10.0 Å². The monoisotopic (exact) mass is 372 g/mol. The number of phenols is 1. The first-order chi connectivity index (χ1) is 12.0. The Balaban J connectivity index is 1.86. The molecule has 1 aliphatic carbocycles. The van der Waals surface area contributed by atoms with Gasteiger partial charge in [-0.15, -0.1) is 0 Å². The van der Waals surface area contributed by atoms with Gasteiger partial charge >= 0.3 is 0 Å². The fourth-order valence-electron chi connectivity index (χ4n) is 3.29. The van der Waals surface area contributed by atoms with Gasteiger partial charge in [0.25, 0.3) is 5.91 Å². The summed E-state index contributed by atoms with van der Waals surface area (Å²) in [5.74, 6) is -0.337. The first kappa shape index (κ1) is 16.2. The topological polar surface area (TPSA) is 62.2 Å². The summed E-state index contributed by atoms with van der Waals surface area (Å²) in [5.41, 5.74) is 3.49. The molecule has 0 saturated carbocycles. The zero-order valence-corrected chi connectivity index (χ0v) is 14.7. The number of anilines is 1. The fourth-order valence-corrected chi connectivity index (χ4v) is 3.63. The number of carbonyl (C=O) groups is 1. The summed E-state index contributed by atoms with van der Waals surface area (Å²) in [6, 6.07) is 9.88. The third-order valence-corrected chi connectivity index (χ3v) is 4.88. The van der Waals surface area contributed by atoms with Crippen molar-refractivity contribution in [3.63, 3.8) is 0 Å². The van der Waals surface area contributed by atoms with Crippen molar-refractivity contribution in [2.45, 2.75) is 19.3 Å². The molecule has 0 radical (unpaired) electrons. The van der Waals surface area contributed by atoms with Crippen LogP contribution in [0, 0.1) is 0 Å². The number of aryl methyl sites for hydroxylation is 1. The Bertz CT molecular complexity index is 1020. The molecule has 25 heavy (non-hydrogen) atoms. The Morgan fingerprint density at radius 3 is 2.68 bits per heavy atom. The second kappa shape index (κ2) is 6.21. The van der Waals surface area contributed by atoms with Gasteiger partial charge in [0.05, 0.1) is 16.8 Å².